The van der Waals surface area contributed by atoms with Gasteiger partial charge in [-0.25, -0.2) is 0 Å². The lowest BCUT2D eigenvalue weighted by Crippen LogP contribution is -1.95. The van der Waals surface area contributed by atoms with Crippen LogP contribution in [0.5, 0.6) is 0 Å². The first kappa shape index (κ1) is 21.1. The van der Waals surface area contributed by atoms with Crippen LogP contribution in [-0.4, -0.2) is 0 Å². The van der Waals surface area contributed by atoms with Gasteiger partial charge >= 0.3 is 0 Å². The van der Waals surface area contributed by atoms with Crippen molar-refractivity contribution in [3.63, 3.8) is 0 Å². The van der Waals surface area contributed by atoms with Crippen LogP contribution in [0.3, 0.4) is 0 Å². The molecule has 156 valence electrons. The Labute approximate surface area is 190 Å². The van der Waals surface area contributed by atoms with Crippen molar-refractivity contribution in [3.05, 3.63) is 134 Å². The molecule has 0 spiro atoms. The second-order valence-electron chi connectivity index (χ2n) is 7.64. The Hall–Kier alpha value is -4.10. The summed E-state index contributed by atoms with van der Waals surface area (Å²) in [6.45, 7) is 5.93. The second kappa shape index (κ2) is 9.80. The van der Waals surface area contributed by atoms with Gasteiger partial charge in [0, 0.05) is 5.69 Å². The van der Waals surface area contributed by atoms with Crippen molar-refractivity contribution < 1.29 is 0 Å². The lowest BCUT2D eigenvalue weighted by Gasteiger charge is -2.19. The summed E-state index contributed by atoms with van der Waals surface area (Å²) in [5.74, 6) is 0. The van der Waals surface area contributed by atoms with Gasteiger partial charge in [0.25, 0.3) is 0 Å². The van der Waals surface area contributed by atoms with Gasteiger partial charge < -0.3 is 5.73 Å². The predicted molar refractivity (Wildman–Crippen MR) is 140 cm³/mol. The van der Waals surface area contributed by atoms with Gasteiger partial charge in [-0.1, -0.05) is 104 Å². The van der Waals surface area contributed by atoms with Crippen LogP contribution >= 0.6 is 0 Å². The minimum Gasteiger partial charge on any atom is -0.399 e. The lowest BCUT2D eigenvalue weighted by molar-refractivity contribution is 1.52. The summed E-state index contributed by atoms with van der Waals surface area (Å²) < 4.78 is 0. The highest BCUT2D eigenvalue weighted by Crippen LogP contribution is 2.41. The van der Waals surface area contributed by atoms with Gasteiger partial charge in [-0.3, -0.25) is 0 Å². The zero-order valence-electron chi connectivity index (χ0n) is 18.3. The van der Waals surface area contributed by atoms with E-state index in [4.69, 9.17) is 5.73 Å². The summed E-state index contributed by atoms with van der Waals surface area (Å²) in [5.41, 5.74) is 16.2. The van der Waals surface area contributed by atoms with Gasteiger partial charge in [-0.15, -0.1) is 0 Å². The molecular weight excluding hydrogens is 386 g/mol. The Kier molecular flexibility index (Phi) is 6.48. The molecule has 0 bridgehead atoms. The van der Waals surface area contributed by atoms with Crippen LogP contribution in [0.2, 0.25) is 0 Å². The molecule has 0 heterocycles. The van der Waals surface area contributed by atoms with Crippen LogP contribution in [0.4, 0.5) is 5.69 Å². The van der Waals surface area contributed by atoms with E-state index in [1.165, 1.54) is 27.8 Å². The topological polar surface area (TPSA) is 26.0 Å². The summed E-state index contributed by atoms with van der Waals surface area (Å²) in [6.07, 6.45) is 8.08. The Morgan fingerprint density at radius 1 is 0.719 bits per heavy atom. The summed E-state index contributed by atoms with van der Waals surface area (Å²) in [5, 5.41) is 0. The Morgan fingerprint density at radius 3 is 1.94 bits per heavy atom. The van der Waals surface area contributed by atoms with Gasteiger partial charge in [-0.05, 0) is 75.7 Å². The van der Waals surface area contributed by atoms with E-state index in [-0.39, 0.29) is 0 Å². The molecular formula is C31H27N. The zero-order valence-corrected chi connectivity index (χ0v) is 18.3. The molecule has 0 amide bonds. The molecule has 0 aromatic heterocycles. The number of benzene rings is 4. The normalized spacial score (nSPS) is 11.6. The second-order valence-corrected chi connectivity index (χ2v) is 7.64. The highest BCUT2D eigenvalue weighted by Gasteiger charge is 2.17. The molecule has 1 heteroatoms. The van der Waals surface area contributed by atoms with E-state index >= 15 is 0 Å². The molecule has 0 radical (unpaired) electrons. The van der Waals surface area contributed by atoms with Gasteiger partial charge in [0.1, 0.15) is 0 Å². The average Bonchev–Trinajstić information content (AvgIpc) is 2.85. The van der Waals surface area contributed by atoms with E-state index < -0.39 is 0 Å². The van der Waals surface area contributed by atoms with Crippen molar-refractivity contribution in [1.29, 1.82) is 0 Å². The molecule has 32 heavy (non-hydrogen) atoms. The summed E-state index contributed by atoms with van der Waals surface area (Å²) in [4.78, 5) is 0. The predicted octanol–water partition coefficient (Wildman–Crippen LogP) is 8.42. The maximum atomic E-state index is 5.95. The van der Waals surface area contributed by atoms with Gasteiger partial charge in [-0.2, -0.15) is 0 Å². The molecule has 0 aliphatic carbocycles. The largest absolute Gasteiger partial charge is 0.399 e. The van der Waals surface area contributed by atoms with Crippen LogP contribution in [0.25, 0.3) is 39.0 Å². The van der Waals surface area contributed by atoms with Gasteiger partial charge in [0.05, 0.1) is 0 Å². The highest BCUT2D eigenvalue weighted by molar-refractivity contribution is 5.97. The standard InChI is InChI=1S/C31H27N/c1-3-5-12-23(4-2)29-21-27(24-17-19-28(32)20-18-24)22-30(25-13-8-6-9-14-25)31(29)26-15-10-7-11-16-26/h3-22H,1,32H2,2H3/b12-5-,23-4+. The van der Waals surface area contributed by atoms with Crippen molar-refractivity contribution >= 4 is 11.3 Å². The third-order valence-electron chi connectivity index (χ3n) is 5.56. The van der Waals surface area contributed by atoms with Crippen LogP contribution < -0.4 is 5.73 Å². The molecule has 0 atom stereocenters. The molecule has 0 aliphatic heterocycles. The van der Waals surface area contributed by atoms with E-state index in [2.05, 4.69) is 111 Å². The number of hydrogen-bond donors (Lipinski definition) is 1. The minimum atomic E-state index is 0.765. The van der Waals surface area contributed by atoms with Crippen LogP contribution in [-0.2, 0) is 0 Å². The van der Waals surface area contributed by atoms with Gasteiger partial charge in [0.2, 0.25) is 0 Å². The molecule has 0 unspecified atom stereocenters. The molecule has 0 aliphatic rings. The maximum Gasteiger partial charge on any atom is 0.0314 e. The van der Waals surface area contributed by atoms with Crippen LogP contribution in [0.1, 0.15) is 12.5 Å². The van der Waals surface area contributed by atoms with E-state index in [0.717, 1.165) is 22.4 Å². The average molecular weight is 414 g/mol. The first-order valence-electron chi connectivity index (χ1n) is 10.8. The Balaban J connectivity index is 2.09. The summed E-state index contributed by atoms with van der Waals surface area (Å²) in [7, 11) is 0. The first-order valence-corrected chi connectivity index (χ1v) is 10.8. The van der Waals surface area contributed by atoms with Gasteiger partial charge in [0.15, 0.2) is 0 Å². The number of hydrogen-bond acceptors (Lipinski definition) is 1. The van der Waals surface area contributed by atoms with Crippen molar-refractivity contribution in [1.82, 2.24) is 0 Å². The van der Waals surface area contributed by atoms with E-state index in [1.807, 2.05) is 24.3 Å². The summed E-state index contributed by atoms with van der Waals surface area (Å²) >= 11 is 0. The monoisotopic (exact) mass is 413 g/mol. The number of anilines is 1. The van der Waals surface area contributed by atoms with E-state index in [1.54, 1.807) is 0 Å². The number of nitrogens with two attached hydrogens (primary N) is 1. The van der Waals surface area contributed by atoms with E-state index in [0.29, 0.717) is 0 Å². The van der Waals surface area contributed by atoms with Crippen molar-refractivity contribution in [2.24, 2.45) is 0 Å². The SMILES string of the molecule is C=C/C=C\C(=C/C)c1cc(-c2ccc(N)cc2)cc(-c2ccccc2)c1-c1ccccc1. The third kappa shape index (κ3) is 4.48. The Bertz CT molecular complexity index is 1260. The fourth-order valence-electron chi connectivity index (χ4n) is 3.99. The molecule has 1 nitrogen and oxygen atoms in total. The quantitative estimate of drug-likeness (QED) is 0.249. The zero-order chi connectivity index (χ0) is 22.3. The highest BCUT2D eigenvalue weighted by atomic mass is 14.5. The van der Waals surface area contributed by atoms with Crippen molar-refractivity contribution in [3.8, 4) is 33.4 Å². The number of rotatable bonds is 6. The first-order chi connectivity index (χ1) is 15.7. The minimum absolute atomic E-state index is 0.765. The molecule has 4 aromatic carbocycles. The number of allylic oxidation sites excluding steroid dienone is 5. The third-order valence-corrected chi connectivity index (χ3v) is 5.56. The fraction of sp³-hybridized carbons (Fsp3) is 0.0323. The molecule has 0 fully saturated rings. The number of nitrogen functional groups attached to an aromatic ring is 1. The summed E-state index contributed by atoms with van der Waals surface area (Å²) in [6, 6.07) is 33.8. The molecule has 4 rings (SSSR count). The van der Waals surface area contributed by atoms with E-state index in [9.17, 15) is 0 Å². The maximum absolute atomic E-state index is 5.95. The molecule has 0 saturated heterocycles. The molecule has 2 N–H and O–H groups in total. The Morgan fingerprint density at radius 2 is 1.34 bits per heavy atom. The molecule has 0 saturated carbocycles. The lowest BCUT2D eigenvalue weighted by atomic mass is 9.84. The smallest absolute Gasteiger partial charge is 0.0314 e. The fourth-order valence-corrected chi connectivity index (χ4v) is 3.99. The van der Waals surface area contributed by atoms with Crippen LogP contribution in [0.15, 0.2) is 128 Å². The van der Waals surface area contributed by atoms with Crippen molar-refractivity contribution in [2.75, 3.05) is 5.73 Å². The van der Waals surface area contributed by atoms with Crippen molar-refractivity contribution in [2.45, 2.75) is 6.92 Å². The van der Waals surface area contributed by atoms with Crippen LogP contribution in [0, 0.1) is 0 Å². The molecule has 4 aromatic rings.